The van der Waals surface area contributed by atoms with E-state index in [-0.39, 0.29) is 0 Å². The molecule has 74 valence electrons. The van der Waals surface area contributed by atoms with Crippen molar-refractivity contribution in [1.82, 2.24) is 9.78 Å². The number of fused-ring (bicyclic) bond motifs is 1. The Labute approximate surface area is 92.0 Å². The van der Waals surface area contributed by atoms with E-state index in [1.54, 1.807) is 0 Å². The van der Waals surface area contributed by atoms with Gasteiger partial charge in [0, 0.05) is 16.9 Å². The molecule has 0 aliphatic carbocycles. The average molecular weight is 253 g/mol. The highest BCUT2D eigenvalue weighted by molar-refractivity contribution is 9.10. The van der Waals surface area contributed by atoms with Crippen molar-refractivity contribution in [3.05, 3.63) is 28.4 Å². The third-order valence-electron chi connectivity index (χ3n) is 2.40. The molecule has 0 fully saturated rings. The topological polar surface area (TPSA) is 17.8 Å². The van der Waals surface area contributed by atoms with E-state index in [4.69, 9.17) is 0 Å². The molecule has 0 radical (unpaired) electrons. The number of aromatic nitrogens is 2. The van der Waals surface area contributed by atoms with Gasteiger partial charge >= 0.3 is 0 Å². The van der Waals surface area contributed by atoms with Gasteiger partial charge in [-0.2, -0.15) is 5.10 Å². The first-order valence-corrected chi connectivity index (χ1v) is 5.51. The summed E-state index contributed by atoms with van der Waals surface area (Å²) in [6, 6.07) is 6.20. The molecule has 0 saturated heterocycles. The van der Waals surface area contributed by atoms with Gasteiger partial charge in [-0.3, -0.25) is 4.68 Å². The Morgan fingerprint density at radius 1 is 1.36 bits per heavy atom. The lowest BCUT2D eigenvalue weighted by Gasteiger charge is -2.01. The van der Waals surface area contributed by atoms with E-state index >= 15 is 0 Å². The number of rotatable bonds is 1. The van der Waals surface area contributed by atoms with Crippen LogP contribution in [0.3, 0.4) is 0 Å². The second-order valence-electron chi connectivity index (χ2n) is 3.80. The van der Waals surface area contributed by atoms with Crippen molar-refractivity contribution in [2.75, 3.05) is 0 Å². The van der Waals surface area contributed by atoms with Crippen LogP contribution in [0.4, 0.5) is 0 Å². The lowest BCUT2D eigenvalue weighted by molar-refractivity contribution is 0.729. The van der Waals surface area contributed by atoms with Gasteiger partial charge in [-0.15, -0.1) is 0 Å². The average Bonchev–Trinajstić information content (AvgIpc) is 2.46. The molecule has 2 nitrogen and oxygen atoms in total. The normalized spacial score (nSPS) is 11.5. The number of nitrogens with zero attached hydrogens (tertiary/aromatic N) is 2. The summed E-state index contributed by atoms with van der Waals surface area (Å²) in [5.74, 6) is 0.456. The van der Waals surface area contributed by atoms with Crippen molar-refractivity contribution in [1.29, 1.82) is 0 Å². The smallest absolute Gasteiger partial charge is 0.0739 e. The van der Waals surface area contributed by atoms with Crippen molar-refractivity contribution in [3.8, 4) is 0 Å². The summed E-state index contributed by atoms with van der Waals surface area (Å²) in [4.78, 5) is 0. The maximum Gasteiger partial charge on any atom is 0.0739 e. The molecule has 1 heterocycles. The zero-order valence-electron chi connectivity index (χ0n) is 8.58. The quantitative estimate of drug-likeness (QED) is 0.761. The molecular weight excluding hydrogens is 240 g/mol. The molecule has 0 bridgehead atoms. The van der Waals surface area contributed by atoms with Gasteiger partial charge in [0.2, 0.25) is 0 Å². The maximum absolute atomic E-state index is 4.54. The summed E-state index contributed by atoms with van der Waals surface area (Å²) >= 11 is 3.58. The van der Waals surface area contributed by atoms with Crippen molar-refractivity contribution >= 4 is 26.8 Å². The highest BCUT2D eigenvalue weighted by atomic mass is 79.9. The monoisotopic (exact) mass is 252 g/mol. The molecule has 0 N–H and O–H groups in total. The van der Waals surface area contributed by atoms with Crippen molar-refractivity contribution in [2.45, 2.75) is 19.8 Å². The van der Waals surface area contributed by atoms with E-state index < -0.39 is 0 Å². The van der Waals surface area contributed by atoms with Crippen molar-refractivity contribution in [2.24, 2.45) is 7.05 Å². The van der Waals surface area contributed by atoms with Crippen LogP contribution in [0.2, 0.25) is 0 Å². The summed E-state index contributed by atoms with van der Waals surface area (Å²) in [5, 5.41) is 5.78. The van der Waals surface area contributed by atoms with Crippen LogP contribution in [0, 0.1) is 0 Å². The minimum absolute atomic E-state index is 0.456. The van der Waals surface area contributed by atoms with Crippen molar-refractivity contribution in [3.63, 3.8) is 0 Å². The van der Waals surface area contributed by atoms with E-state index in [0.29, 0.717) is 5.92 Å². The predicted molar refractivity (Wildman–Crippen MR) is 62.5 cm³/mol. The molecule has 0 aliphatic rings. The summed E-state index contributed by atoms with van der Waals surface area (Å²) in [7, 11) is 1.99. The van der Waals surface area contributed by atoms with Gasteiger partial charge in [0.1, 0.15) is 0 Å². The standard InChI is InChI=1S/C11H13BrN2/c1-7(2)11-10-8(12)5-4-6-9(10)14(3)13-11/h4-7H,1-3H3. The molecule has 0 atom stereocenters. The Morgan fingerprint density at radius 2 is 2.07 bits per heavy atom. The summed E-state index contributed by atoms with van der Waals surface area (Å²) < 4.78 is 3.07. The predicted octanol–water partition coefficient (Wildman–Crippen LogP) is 3.46. The van der Waals surface area contributed by atoms with Crippen LogP contribution >= 0.6 is 15.9 Å². The third kappa shape index (κ3) is 1.36. The lowest BCUT2D eigenvalue weighted by atomic mass is 10.1. The van der Waals surface area contributed by atoms with Crippen molar-refractivity contribution < 1.29 is 0 Å². The Morgan fingerprint density at radius 3 is 2.71 bits per heavy atom. The zero-order chi connectivity index (χ0) is 10.3. The molecule has 14 heavy (non-hydrogen) atoms. The highest BCUT2D eigenvalue weighted by Crippen LogP contribution is 2.30. The molecule has 2 aromatic rings. The summed E-state index contributed by atoms with van der Waals surface area (Å²) in [5.41, 5.74) is 2.35. The second-order valence-corrected chi connectivity index (χ2v) is 4.65. The first-order valence-electron chi connectivity index (χ1n) is 4.72. The van der Waals surface area contributed by atoms with Crippen LogP contribution in [0.5, 0.6) is 0 Å². The molecule has 0 spiro atoms. The Balaban J connectivity index is 2.86. The molecule has 1 aromatic carbocycles. The van der Waals surface area contributed by atoms with Gasteiger partial charge in [-0.1, -0.05) is 35.8 Å². The van der Waals surface area contributed by atoms with E-state index in [1.807, 2.05) is 17.8 Å². The molecule has 0 aliphatic heterocycles. The van der Waals surface area contributed by atoms with Gasteiger partial charge in [0.15, 0.2) is 0 Å². The molecule has 0 saturated carbocycles. The van der Waals surface area contributed by atoms with Gasteiger partial charge in [0.25, 0.3) is 0 Å². The SMILES string of the molecule is CC(C)c1nn(C)c2cccc(Br)c12. The zero-order valence-corrected chi connectivity index (χ0v) is 10.2. The van der Waals surface area contributed by atoms with E-state index in [2.05, 4.69) is 47.0 Å². The van der Waals surface area contributed by atoms with Crippen LogP contribution in [0.15, 0.2) is 22.7 Å². The minimum atomic E-state index is 0.456. The molecule has 0 unspecified atom stereocenters. The minimum Gasteiger partial charge on any atom is -0.268 e. The fourth-order valence-electron chi connectivity index (χ4n) is 1.71. The summed E-state index contributed by atoms with van der Waals surface area (Å²) in [6.07, 6.45) is 0. The van der Waals surface area contributed by atoms with E-state index in [0.717, 1.165) is 10.2 Å². The summed E-state index contributed by atoms with van der Waals surface area (Å²) in [6.45, 7) is 4.34. The van der Waals surface area contributed by atoms with Crippen LogP contribution in [0.25, 0.3) is 10.9 Å². The Kier molecular flexibility index (Phi) is 2.35. The Hall–Kier alpha value is -0.830. The van der Waals surface area contributed by atoms with Crippen LogP contribution in [-0.2, 0) is 7.05 Å². The van der Waals surface area contributed by atoms with Crippen LogP contribution in [-0.4, -0.2) is 9.78 Å². The van der Waals surface area contributed by atoms with E-state index in [1.165, 1.54) is 10.9 Å². The number of hydrogen-bond acceptors (Lipinski definition) is 1. The molecule has 1 aromatic heterocycles. The third-order valence-corrected chi connectivity index (χ3v) is 3.06. The van der Waals surface area contributed by atoms with Crippen LogP contribution in [0.1, 0.15) is 25.5 Å². The molecule has 2 rings (SSSR count). The van der Waals surface area contributed by atoms with Gasteiger partial charge < -0.3 is 0 Å². The number of aryl methyl sites for hydroxylation is 1. The molecule has 3 heteroatoms. The van der Waals surface area contributed by atoms with Gasteiger partial charge in [-0.25, -0.2) is 0 Å². The second kappa shape index (κ2) is 3.39. The fraction of sp³-hybridized carbons (Fsp3) is 0.364. The number of hydrogen-bond donors (Lipinski definition) is 0. The molecule has 0 amide bonds. The first-order chi connectivity index (χ1) is 6.61. The van der Waals surface area contributed by atoms with Crippen LogP contribution < -0.4 is 0 Å². The number of halogens is 1. The molecular formula is C11H13BrN2. The lowest BCUT2D eigenvalue weighted by Crippen LogP contribution is -1.93. The number of benzene rings is 1. The highest BCUT2D eigenvalue weighted by Gasteiger charge is 2.13. The van der Waals surface area contributed by atoms with Gasteiger partial charge in [0.05, 0.1) is 11.2 Å². The fourth-order valence-corrected chi connectivity index (χ4v) is 2.26. The largest absolute Gasteiger partial charge is 0.268 e. The van der Waals surface area contributed by atoms with E-state index in [9.17, 15) is 0 Å². The first kappa shape index (κ1) is 9.71. The maximum atomic E-state index is 4.54. The van der Waals surface area contributed by atoms with Gasteiger partial charge in [-0.05, 0) is 18.1 Å². The Bertz CT molecular complexity index is 471.